The summed E-state index contributed by atoms with van der Waals surface area (Å²) in [4.78, 5) is 32.7. The molecular formula is C36H41ClN4O5. The third-order valence-corrected chi connectivity index (χ3v) is 9.56. The van der Waals surface area contributed by atoms with Gasteiger partial charge in [-0.3, -0.25) is 15.0 Å². The van der Waals surface area contributed by atoms with E-state index in [0.717, 1.165) is 48.3 Å². The first-order chi connectivity index (χ1) is 22.3. The van der Waals surface area contributed by atoms with E-state index in [-0.39, 0.29) is 17.8 Å². The summed E-state index contributed by atoms with van der Waals surface area (Å²) >= 11 is 6.05. The predicted molar refractivity (Wildman–Crippen MR) is 176 cm³/mol. The molecule has 1 aromatic carbocycles. The second-order valence-corrected chi connectivity index (χ2v) is 12.7. The van der Waals surface area contributed by atoms with Gasteiger partial charge in [-0.15, -0.1) is 0 Å². The normalized spacial score (nSPS) is 22.5. The number of fused-ring (bicyclic) bond motifs is 2. The Morgan fingerprint density at radius 2 is 1.91 bits per heavy atom. The average molecular weight is 645 g/mol. The maximum absolute atomic E-state index is 13.6. The van der Waals surface area contributed by atoms with Gasteiger partial charge in [-0.1, -0.05) is 42.0 Å². The van der Waals surface area contributed by atoms with Crippen molar-refractivity contribution in [3.8, 4) is 5.88 Å². The summed E-state index contributed by atoms with van der Waals surface area (Å²) in [6, 6.07) is 11.4. The van der Waals surface area contributed by atoms with Gasteiger partial charge in [0, 0.05) is 55.1 Å². The van der Waals surface area contributed by atoms with Crippen molar-refractivity contribution in [2.24, 2.45) is 11.8 Å². The molecule has 2 N–H and O–H groups in total. The Balaban J connectivity index is 1.12. The lowest BCUT2D eigenvalue weighted by molar-refractivity contribution is -0.150. The first kappa shape index (κ1) is 32.2. The maximum Gasteiger partial charge on any atom is 0.309 e. The lowest BCUT2D eigenvalue weighted by Gasteiger charge is -2.38. The lowest BCUT2D eigenvalue weighted by Crippen LogP contribution is -2.49. The van der Waals surface area contributed by atoms with Crippen molar-refractivity contribution in [1.29, 1.82) is 0 Å². The van der Waals surface area contributed by atoms with Crippen LogP contribution in [0.25, 0.3) is 5.57 Å². The SMILES string of the molecule is CCOC(=O)C1CCN(NC(=O)C2C=CC=C3Oc4ncccc4C(=CCCN4CCC(O)(c5ccc(Cl)cc5)CC4)C=C32)CC1. The number of rotatable bonds is 8. The van der Waals surface area contributed by atoms with Crippen LogP contribution in [0.5, 0.6) is 5.88 Å². The zero-order chi connectivity index (χ0) is 32.1. The number of esters is 1. The fourth-order valence-electron chi connectivity index (χ4n) is 6.61. The number of nitrogens with zero attached hydrogens (tertiary/aromatic N) is 3. The van der Waals surface area contributed by atoms with Crippen LogP contribution in [-0.2, 0) is 19.9 Å². The van der Waals surface area contributed by atoms with Gasteiger partial charge < -0.3 is 19.5 Å². The lowest BCUT2D eigenvalue weighted by atomic mass is 9.84. The van der Waals surface area contributed by atoms with Crippen LogP contribution >= 0.6 is 11.6 Å². The van der Waals surface area contributed by atoms with Gasteiger partial charge >= 0.3 is 5.97 Å². The number of benzene rings is 1. The minimum Gasteiger partial charge on any atom is -0.466 e. The van der Waals surface area contributed by atoms with Crippen LogP contribution in [0.15, 0.2) is 84.3 Å². The summed E-state index contributed by atoms with van der Waals surface area (Å²) in [5.41, 5.74) is 5.76. The van der Waals surface area contributed by atoms with Crippen molar-refractivity contribution in [3.63, 3.8) is 0 Å². The molecule has 4 heterocycles. The number of pyridine rings is 1. The van der Waals surface area contributed by atoms with Crippen molar-refractivity contribution in [1.82, 2.24) is 20.3 Å². The number of hydrogen-bond acceptors (Lipinski definition) is 8. The van der Waals surface area contributed by atoms with E-state index < -0.39 is 11.5 Å². The van der Waals surface area contributed by atoms with E-state index in [1.54, 1.807) is 6.20 Å². The summed E-state index contributed by atoms with van der Waals surface area (Å²) in [6.07, 6.45) is 14.9. The second kappa shape index (κ2) is 14.3. The van der Waals surface area contributed by atoms with Crippen LogP contribution in [0.2, 0.25) is 5.02 Å². The zero-order valence-corrected chi connectivity index (χ0v) is 26.9. The maximum atomic E-state index is 13.6. The molecule has 1 unspecified atom stereocenters. The monoisotopic (exact) mass is 644 g/mol. The molecule has 1 aliphatic carbocycles. The molecule has 6 rings (SSSR count). The molecule has 10 heteroatoms. The van der Waals surface area contributed by atoms with Gasteiger partial charge in [-0.25, -0.2) is 9.99 Å². The van der Waals surface area contributed by atoms with Crippen molar-refractivity contribution in [2.45, 2.75) is 44.6 Å². The Labute approximate surface area is 275 Å². The summed E-state index contributed by atoms with van der Waals surface area (Å²) in [5.74, 6) is 0.122. The van der Waals surface area contributed by atoms with Crippen LogP contribution in [-0.4, -0.2) is 71.2 Å². The minimum absolute atomic E-state index is 0.131. The molecule has 1 aromatic heterocycles. The van der Waals surface area contributed by atoms with E-state index in [1.165, 1.54) is 0 Å². The number of allylic oxidation sites excluding steroid dienone is 5. The van der Waals surface area contributed by atoms with E-state index in [9.17, 15) is 14.7 Å². The highest BCUT2D eigenvalue weighted by molar-refractivity contribution is 6.30. The summed E-state index contributed by atoms with van der Waals surface area (Å²) < 4.78 is 11.5. The van der Waals surface area contributed by atoms with Gasteiger partial charge in [0.2, 0.25) is 11.8 Å². The second-order valence-electron chi connectivity index (χ2n) is 12.3. The molecule has 2 aromatic rings. The molecular weight excluding hydrogens is 604 g/mol. The fourth-order valence-corrected chi connectivity index (χ4v) is 6.74. The number of aliphatic hydroxyl groups is 1. The fraction of sp³-hybridized carbons (Fsp3) is 0.417. The zero-order valence-electron chi connectivity index (χ0n) is 26.2. The Morgan fingerprint density at radius 3 is 2.65 bits per heavy atom. The number of ether oxygens (including phenoxy) is 2. The highest BCUT2D eigenvalue weighted by Gasteiger charge is 2.35. The Hall–Kier alpha value is -3.76. The number of hydrazine groups is 1. The van der Waals surface area contributed by atoms with Crippen LogP contribution < -0.4 is 10.2 Å². The summed E-state index contributed by atoms with van der Waals surface area (Å²) in [5, 5.41) is 13.8. The molecule has 242 valence electrons. The Bertz CT molecular complexity index is 1550. The summed E-state index contributed by atoms with van der Waals surface area (Å²) in [6.45, 7) is 5.78. The first-order valence-electron chi connectivity index (χ1n) is 16.2. The summed E-state index contributed by atoms with van der Waals surface area (Å²) in [7, 11) is 0. The number of likely N-dealkylation sites (tertiary alicyclic amines) is 1. The number of amides is 1. The molecule has 4 aliphatic rings. The number of halogens is 1. The third-order valence-electron chi connectivity index (χ3n) is 9.31. The molecule has 3 aliphatic heterocycles. The van der Waals surface area contributed by atoms with Gasteiger partial charge in [-0.2, -0.15) is 0 Å². The number of aromatic nitrogens is 1. The van der Waals surface area contributed by atoms with Crippen molar-refractivity contribution >= 4 is 29.1 Å². The highest BCUT2D eigenvalue weighted by atomic mass is 35.5. The smallest absolute Gasteiger partial charge is 0.309 e. The van der Waals surface area contributed by atoms with Crippen LogP contribution in [0.3, 0.4) is 0 Å². The van der Waals surface area contributed by atoms with Gasteiger partial charge in [-0.05, 0) is 86.6 Å². The molecule has 46 heavy (non-hydrogen) atoms. The van der Waals surface area contributed by atoms with Gasteiger partial charge in [0.25, 0.3) is 0 Å². The number of hydrogen-bond donors (Lipinski definition) is 2. The molecule has 0 spiro atoms. The molecule has 2 fully saturated rings. The van der Waals surface area contributed by atoms with Crippen molar-refractivity contribution in [3.05, 3.63) is 100 Å². The largest absolute Gasteiger partial charge is 0.466 e. The van der Waals surface area contributed by atoms with E-state index in [1.807, 2.05) is 66.6 Å². The van der Waals surface area contributed by atoms with Crippen molar-refractivity contribution < 1.29 is 24.2 Å². The van der Waals surface area contributed by atoms with Gasteiger partial charge in [0.05, 0.1) is 24.0 Å². The molecule has 0 saturated carbocycles. The van der Waals surface area contributed by atoms with Crippen LogP contribution in [0.1, 0.15) is 50.2 Å². The Kier molecular flexibility index (Phi) is 10.0. The quantitative estimate of drug-likeness (QED) is 0.379. The van der Waals surface area contributed by atoms with Crippen LogP contribution in [0.4, 0.5) is 0 Å². The first-order valence-corrected chi connectivity index (χ1v) is 16.6. The predicted octanol–water partition coefficient (Wildman–Crippen LogP) is 5.19. The number of piperidine rings is 2. The molecule has 0 radical (unpaired) electrons. The highest BCUT2D eigenvalue weighted by Crippen LogP contribution is 2.38. The molecule has 9 nitrogen and oxygen atoms in total. The van der Waals surface area contributed by atoms with E-state index in [2.05, 4.69) is 27.5 Å². The van der Waals surface area contributed by atoms with E-state index in [4.69, 9.17) is 21.1 Å². The molecule has 0 bridgehead atoms. The van der Waals surface area contributed by atoms with Crippen molar-refractivity contribution in [2.75, 3.05) is 39.3 Å². The number of nitrogens with one attached hydrogen (secondary N) is 1. The molecule has 1 atom stereocenters. The number of carbonyl (C=O) groups excluding carboxylic acids is 2. The Morgan fingerprint density at radius 1 is 1.15 bits per heavy atom. The van der Waals surface area contributed by atoms with Gasteiger partial charge in [0.1, 0.15) is 5.76 Å². The van der Waals surface area contributed by atoms with E-state index >= 15 is 0 Å². The van der Waals surface area contributed by atoms with Gasteiger partial charge in [0.15, 0.2) is 0 Å². The topological polar surface area (TPSA) is 104 Å². The van der Waals surface area contributed by atoms with Crippen LogP contribution in [0, 0.1) is 11.8 Å². The minimum atomic E-state index is -0.836. The molecule has 2 saturated heterocycles. The average Bonchev–Trinajstić information content (AvgIpc) is 3.23. The molecule has 1 amide bonds. The standard InChI is InChI=1S/C36H41ClN4O5/c1-2-45-35(43)25-14-20-41(21-15-25)39-33(42)30-7-3-9-32-31(30)24-26(29-8-4-18-38-34(29)46-32)6-5-19-40-22-16-36(44,17-23-40)27-10-12-28(37)13-11-27/h3-4,6-13,18,24-25,30,44H,2,5,14-17,19-23H2,1H3,(H,39,42). The third kappa shape index (κ3) is 7.28. The van der Waals surface area contributed by atoms with E-state index in [0.29, 0.717) is 62.0 Å². The number of carbonyl (C=O) groups is 2.